The number of nitrogens with zero attached hydrogens (tertiary/aromatic N) is 1. The second-order valence-electron chi connectivity index (χ2n) is 7.65. The van der Waals surface area contributed by atoms with Gasteiger partial charge < -0.3 is 9.15 Å². The maximum atomic E-state index is 13.2. The molecule has 0 spiro atoms. The average molecular weight is 418 g/mol. The van der Waals surface area contributed by atoms with Crippen LogP contribution >= 0.6 is 11.6 Å². The topological polar surface area (TPSA) is 42.7 Å². The molecule has 0 saturated carbocycles. The van der Waals surface area contributed by atoms with Gasteiger partial charge in [0, 0.05) is 18.1 Å². The lowest BCUT2D eigenvalue weighted by Gasteiger charge is -2.29. The maximum Gasteiger partial charge on any atom is 0.200 e. The summed E-state index contributed by atoms with van der Waals surface area (Å²) in [7, 11) is 0. The van der Waals surface area contributed by atoms with Gasteiger partial charge in [-0.1, -0.05) is 53.6 Å². The molecule has 5 rings (SSSR count). The summed E-state index contributed by atoms with van der Waals surface area (Å²) in [6, 6.07) is 19.3. The molecule has 0 amide bonds. The van der Waals surface area contributed by atoms with Crippen molar-refractivity contribution in [1.82, 2.24) is 4.90 Å². The highest BCUT2D eigenvalue weighted by Crippen LogP contribution is 2.33. The zero-order chi connectivity index (χ0) is 20.7. The molecule has 0 atom stereocenters. The van der Waals surface area contributed by atoms with E-state index in [2.05, 4.69) is 36.1 Å². The number of rotatable bonds is 3. The maximum absolute atomic E-state index is 13.2. The molecular weight excluding hydrogens is 398 g/mol. The third kappa shape index (κ3) is 3.49. The van der Waals surface area contributed by atoms with E-state index in [1.165, 1.54) is 17.4 Å². The van der Waals surface area contributed by atoms with Crippen LogP contribution in [-0.2, 0) is 13.1 Å². The van der Waals surface area contributed by atoms with Crippen molar-refractivity contribution < 1.29 is 9.15 Å². The van der Waals surface area contributed by atoms with Gasteiger partial charge in [0.25, 0.3) is 0 Å². The number of halogens is 1. The first-order valence-electron chi connectivity index (χ1n) is 9.82. The standard InChI is InChI=1S/C25H20ClNO3/c1-16-2-4-17(5-3-16)12-27-13-21-23(30-15-27)11-10-20-24(28)22(14-29-25(20)21)18-6-8-19(26)9-7-18/h2-11,14H,12-13,15H2,1H3. The van der Waals surface area contributed by atoms with Gasteiger partial charge in [-0.15, -0.1) is 0 Å². The Hall–Kier alpha value is -3.08. The van der Waals surface area contributed by atoms with Crippen LogP contribution in [-0.4, -0.2) is 11.6 Å². The monoisotopic (exact) mass is 417 g/mol. The van der Waals surface area contributed by atoms with Crippen molar-refractivity contribution in [1.29, 1.82) is 0 Å². The van der Waals surface area contributed by atoms with Crippen LogP contribution in [0.5, 0.6) is 5.75 Å². The predicted molar refractivity (Wildman–Crippen MR) is 119 cm³/mol. The van der Waals surface area contributed by atoms with E-state index >= 15 is 0 Å². The second kappa shape index (κ2) is 7.63. The summed E-state index contributed by atoms with van der Waals surface area (Å²) in [6.07, 6.45) is 1.53. The van der Waals surface area contributed by atoms with Gasteiger partial charge in [0.15, 0.2) is 0 Å². The van der Waals surface area contributed by atoms with Gasteiger partial charge in [0.05, 0.1) is 16.5 Å². The number of fused-ring (bicyclic) bond motifs is 3. The molecule has 0 aliphatic carbocycles. The minimum absolute atomic E-state index is 0.0583. The highest BCUT2D eigenvalue weighted by Gasteiger charge is 2.23. The van der Waals surface area contributed by atoms with E-state index in [1.807, 2.05) is 18.2 Å². The smallest absolute Gasteiger partial charge is 0.200 e. The summed E-state index contributed by atoms with van der Waals surface area (Å²) in [6.45, 7) is 4.00. The number of ether oxygens (including phenoxy) is 1. The van der Waals surface area contributed by atoms with Crippen molar-refractivity contribution >= 4 is 22.6 Å². The van der Waals surface area contributed by atoms with Crippen LogP contribution in [0.25, 0.3) is 22.1 Å². The Bertz CT molecular complexity index is 1280. The van der Waals surface area contributed by atoms with Crippen LogP contribution in [0.2, 0.25) is 5.02 Å². The Labute approximate surface area is 179 Å². The minimum Gasteiger partial charge on any atom is -0.478 e. The number of aryl methyl sites for hydroxylation is 1. The zero-order valence-corrected chi connectivity index (χ0v) is 17.3. The fourth-order valence-corrected chi connectivity index (χ4v) is 3.96. The van der Waals surface area contributed by atoms with E-state index < -0.39 is 0 Å². The molecule has 0 saturated heterocycles. The third-order valence-corrected chi connectivity index (χ3v) is 5.72. The first-order chi connectivity index (χ1) is 14.6. The highest BCUT2D eigenvalue weighted by molar-refractivity contribution is 6.30. The van der Waals surface area contributed by atoms with E-state index in [4.69, 9.17) is 20.8 Å². The van der Waals surface area contributed by atoms with Gasteiger partial charge in [0.1, 0.15) is 24.3 Å². The van der Waals surface area contributed by atoms with Crippen molar-refractivity contribution in [3.63, 3.8) is 0 Å². The van der Waals surface area contributed by atoms with Crippen molar-refractivity contribution in [3.05, 3.63) is 98.9 Å². The van der Waals surface area contributed by atoms with Crippen molar-refractivity contribution in [2.45, 2.75) is 20.0 Å². The Morgan fingerprint density at radius 3 is 2.53 bits per heavy atom. The van der Waals surface area contributed by atoms with E-state index in [-0.39, 0.29) is 5.43 Å². The normalized spacial score (nSPS) is 13.8. The van der Waals surface area contributed by atoms with Gasteiger partial charge in [0.2, 0.25) is 5.43 Å². The summed E-state index contributed by atoms with van der Waals surface area (Å²) in [4.78, 5) is 15.4. The summed E-state index contributed by atoms with van der Waals surface area (Å²) < 4.78 is 11.9. The molecule has 150 valence electrons. The van der Waals surface area contributed by atoms with Gasteiger partial charge >= 0.3 is 0 Å². The lowest BCUT2D eigenvalue weighted by molar-refractivity contribution is 0.0890. The Morgan fingerprint density at radius 1 is 1.00 bits per heavy atom. The first kappa shape index (κ1) is 18.9. The lowest BCUT2D eigenvalue weighted by atomic mass is 10.0. The van der Waals surface area contributed by atoms with Crippen LogP contribution in [0.4, 0.5) is 0 Å². The largest absolute Gasteiger partial charge is 0.478 e. The fourth-order valence-electron chi connectivity index (χ4n) is 3.84. The lowest BCUT2D eigenvalue weighted by Crippen LogP contribution is -2.31. The molecule has 1 aromatic heterocycles. The minimum atomic E-state index is -0.0583. The summed E-state index contributed by atoms with van der Waals surface area (Å²) in [5.74, 6) is 0.769. The van der Waals surface area contributed by atoms with Crippen LogP contribution in [0, 0.1) is 6.92 Å². The Balaban J connectivity index is 1.51. The number of benzene rings is 3. The van der Waals surface area contributed by atoms with Gasteiger partial charge in [-0.2, -0.15) is 0 Å². The molecule has 0 fully saturated rings. The quantitative estimate of drug-likeness (QED) is 0.424. The van der Waals surface area contributed by atoms with Gasteiger partial charge in [-0.3, -0.25) is 9.69 Å². The van der Waals surface area contributed by atoms with Crippen LogP contribution in [0.3, 0.4) is 0 Å². The molecule has 3 aromatic carbocycles. The molecule has 4 nitrogen and oxygen atoms in total. The van der Waals surface area contributed by atoms with Crippen molar-refractivity contribution in [2.24, 2.45) is 0 Å². The molecule has 1 aliphatic heterocycles. The van der Waals surface area contributed by atoms with Gasteiger partial charge in [-0.05, 0) is 42.3 Å². The molecule has 0 radical (unpaired) electrons. The van der Waals surface area contributed by atoms with Crippen LogP contribution in [0.1, 0.15) is 16.7 Å². The molecule has 5 heteroatoms. The highest BCUT2D eigenvalue weighted by atomic mass is 35.5. The average Bonchev–Trinajstić information content (AvgIpc) is 2.76. The van der Waals surface area contributed by atoms with Crippen LogP contribution in [0.15, 0.2) is 76.1 Å². The number of hydrogen-bond acceptors (Lipinski definition) is 4. The fraction of sp³-hybridized carbons (Fsp3) is 0.160. The Kier molecular flexibility index (Phi) is 4.81. The third-order valence-electron chi connectivity index (χ3n) is 5.47. The molecule has 4 aromatic rings. The molecule has 0 bridgehead atoms. The molecular formula is C25H20ClNO3. The predicted octanol–water partition coefficient (Wildman–Crippen LogP) is 5.77. The van der Waals surface area contributed by atoms with Crippen LogP contribution < -0.4 is 10.2 Å². The zero-order valence-electron chi connectivity index (χ0n) is 16.5. The second-order valence-corrected chi connectivity index (χ2v) is 8.09. The molecule has 0 unspecified atom stereocenters. The Morgan fingerprint density at radius 2 is 1.77 bits per heavy atom. The van der Waals surface area contributed by atoms with Gasteiger partial charge in [-0.25, -0.2) is 0 Å². The van der Waals surface area contributed by atoms with E-state index in [1.54, 1.807) is 18.2 Å². The van der Waals surface area contributed by atoms with E-state index in [0.717, 1.165) is 23.4 Å². The summed E-state index contributed by atoms with van der Waals surface area (Å²) in [5.41, 5.74) is 5.20. The van der Waals surface area contributed by atoms with E-state index in [9.17, 15) is 4.79 Å². The number of hydrogen-bond donors (Lipinski definition) is 0. The van der Waals surface area contributed by atoms with Crippen molar-refractivity contribution in [2.75, 3.05) is 6.73 Å². The van der Waals surface area contributed by atoms with Crippen molar-refractivity contribution in [3.8, 4) is 16.9 Å². The summed E-state index contributed by atoms with van der Waals surface area (Å²) in [5, 5.41) is 1.19. The molecule has 2 heterocycles. The molecule has 30 heavy (non-hydrogen) atoms. The first-order valence-corrected chi connectivity index (χ1v) is 10.2. The molecule has 0 N–H and O–H groups in total. The molecule has 1 aliphatic rings. The van der Waals surface area contributed by atoms with E-state index in [0.29, 0.717) is 34.8 Å². The SMILES string of the molecule is Cc1ccc(CN2COc3ccc4c(=O)c(-c5ccc(Cl)cc5)coc4c3C2)cc1. The summed E-state index contributed by atoms with van der Waals surface area (Å²) >= 11 is 5.97.